The topological polar surface area (TPSA) is 76.5 Å². The van der Waals surface area contributed by atoms with Crippen molar-refractivity contribution >= 4 is 43.8 Å². The predicted molar refractivity (Wildman–Crippen MR) is 158 cm³/mol. The zero-order chi connectivity index (χ0) is 28.3. The normalized spacial score (nSPS) is 11.6. The number of nitrogens with one attached hydrogen (secondary N) is 1. The Labute approximate surface area is 239 Å². The summed E-state index contributed by atoms with van der Waals surface area (Å²) in [5, 5.41) is 13.5. The number of anilines is 2. The van der Waals surface area contributed by atoms with Crippen LogP contribution < -0.4 is 14.5 Å². The minimum Gasteiger partial charge on any atom is -0.539 e. The third-order valence-electron chi connectivity index (χ3n) is 6.62. The summed E-state index contributed by atoms with van der Waals surface area (Å²) in [5.74, 6) is 0.381. The minimum absolute atomic E-state index is 0.00178. The van der Waals surface area contributed by atoms with Crippen LogP contribution in [0.5, 0.6) is 17.2 Å². The number of rotatable bonds is 9. The third-order valence-corrected chi connectivity index (χ3v) is 8.05. The van der Waals surface area contributed by atoms with Crippen molar-refractivity contribution in [2.24, 2.45) is 0 Å². The zero-order valence-corrected chi connectivity index (χ0v) is 23.9. The van der Waals surface area contributed by atoms with Crippen LogP contribution in [-0.4, -0.2) is 31.9 Å². The van der Waals surface area contributed by atoms with E-state index >= 15 is 4.39 Å². The lowest BCUT2D eigenvalue weighted by molar-refractivity contribution is 0.374. The van der Waals surface area contributed by atoms with Crippen molar-refractivity contribution in [3.63, 3.8) is 0 Å². The first kappa shape index (κ1) is 27.4. The van der Waals surface area contributed by atoms with Crippen molar-refractivity contribution in [2.75, 3.05) is 12.4 Å². The van der Waals surface area contributed by atoms with Gasteiger partial charge in [-0.25, -0.2) is 14.4 Å². The van der Waals surface area contributed by atoms with E-state index in [1.54, 1.807) is 6.07 Å². The lowest BCUT2D eigenvalue weighted by atomic mass is 9.82. The van der Waals surface area contributed by atoms with Gasteiger partial charge in [-0.2, -0.15) is 0 Å². The number of phenols is 1. The van der Waals surface area contributed by atoms with Gasteiger partial charge in [-0.3, -0.25) is 0 Å². The lowest BCUT2D eigenvalue weighted by Crippen LogP contribution is -2.27. The number of nitrogens with zero attached hydrogens (tertiary/aromatic N) is 2. The van der Waals surface area contributed by atoms with Gasteiger partial charge >= 0.3 is 9.76 Å². The Balaban J connectivity index is 1.44. The number of halogens is 2. The Bertz CT molecular complexity index is 1600. The van der Waals surface area contributed by atoms with E-state index in [1.165, 1.54) is 42.8 Å². The number of aromatic nitrogens is 2. The number of phenolic OH excluding ortho intramolecular Hbond substituents is 1. The van der Waals surface area contributed by atoms with Gasteiger partial charge in [0.05, 0.1) is 23.3 Å². The maximum absolute atomic E-state index is 15.1. The Hall–Kier alpha value is -4.14. The fourth-order valence-corrected chi connectivity index (χ4v) is 5.97. The smallest absolute Gasteiger partial charge is 0.318 e. The average molecular weight is 572 g/mol. The molecule has 1 aromatic heterocycles. The quantitative estimate of drug-likeness (QED) is 0.175. The van der Waals surface area contributed by atoms with Crippen molar-refractivity contribution in [3.05, 3.63) is 113 Å². The van der Waals surface area contributed by atoms with Crippen LogP contribution in [0.15, 0.2) is 91.3 Å². The van der Waals surface area contributed by atoms with Crippen LogP contribution in [0.2, 0.25) is 10.1 Å². The van der Waals surface area contributed by atoms with Crippen LogP contribution in [0.1, 0.15) is 30.9 Å². The third kappa shape index (κ3) is 5.73. The number of benzene rings is 4. The van der Waals surface area contributed by atoms with E-state index in [9.17, 15) is 5.11 Å². The summed E-state index contributed by atoms with van der Waals surface area (Å²) in [6.45, 7) is 4.31. The van der Waals surface area contributed by atoms with Gasteiger partial charge in [-0.1, -0.05) is 86.1 Å². The van der Waals surface area contributed by atoms with Gasteiger partial charge in [0.15, 0.2) is 11.5 Å². The molecule has 5 aromatic rings. The second-order valence-corrected chi connectivity index (χ2v) is 11.9. The van der Waals surface area contributed by atoms with Gasteiger partial charge in [-0.05, 0) is 23.3 Å². The number of ether oxygens (including phenoxy) is 1. The molecule has 0 saturated heterocycles. The van der Waals surface area contributed by atoms with E-state index in [0.717, 1.165) is 0 Å². The van der Waals surface area contributed by atoms with Crippen LogP contribution in [0.3, 0.4) is 0 Å². The maximum Gasteiger partial charge on any atom is 0.318 e. The van der Waals surface area contributed by atoms with E-state index < -0.39 is 5.82 Å². The van der Waals surface area contributed by atoms with Crippen molar-refractivity contribution < 1.29 is 18.7 Å². The molecule has 2 radical (unpaired) electrons. The zero-order valence-electron chi connectivity index (χ0n) is 22.2. The molecular weight excluding hydrogens is 545 g/mol. The number of methoxy groups -OCH3 is 1. The second kappa shape index (κ2) is 11.5. The summed E-state index contributed by atoms with van der Waals surface area (Å²) in [7, 11) is 1.45. The molecule has 0 amide bonds. The molecule has 1 heterocycles. The molecule has 2 N–H and O–H groups in total. The van der Waals surface area contributed by atoms with Crippen molar-refractivity contribution in [3.8, 4) is 17.2 Å². The molecule has 0 bridgehead atoms. The Kier molecular flexibility index (Phi) is 7.91. The summed E-state index contributed by atoms with van der Waals surface area (Å²) in [4.78, 5) is 8.47. The minimum atomic E-state index is -0.566. The Morgan fingerprint density at radius 2 is 1.57 bits per heavy atom. The van der Waals surface area contributed by atoms with Crippen LogP contribution in [-0.2, 0) is 0 Å². The molecule has 0 aliphatic rings. The molecule has 0 spiro atoms. The van der Waals surface area contributed by atoms with E-state index in [1.807, 2.05) is 36.4 Å². The average Bonchev–Trinajstić information content (AvgIpc) is 2.94. The standard InChI is InChI=1S/C31H27ClFN3O3Si/c1-31(2,29(19-10-6-4-7-11-19)20-12-8-5-9-13-20)40-39-27-17-25(23(33)15-22(27)32)36-30-21-14-28(38-3)26(37)16-24(21)34-18-35-30/h4-18,29,37H,1-3H3,(H,34,35,36). The molecular formula is C31H27ClFN3O3Si. The highest BCUT2D eigenvalue weighted by Crippen LogP contribution is 2.46. The SMILES string of the molecule is COc1cc2c(Nc3cc(O[Si]C(C)(C)C(c4ccccc4)c4ccccc4)c(Cl)cc3F)ncnc2cc1O. The van der Waals surface area contributed by atoms with E-state index in [-0.39, 0.29) is 42.9 Å². The van der Waals surface area contributed by atoms with Gasteiger partial charge in [0.25, 0.3) is 0 Å². The molecule has 9 heteroatoms. The maximum atomic E-state index is 15.1. The summed E-state index contributed by atoms with van der Waals surface area (Å²) >= 11 is 6.44. The largest absolute Gasteiger partial charge is 0.539 e. The highest BCUT2D eigenvalue weighted by Gasteiger charge is 2.35. The molecule has 202 valence electrons. The second-order valence-electron chi connectivity index (χ2n) is 9.83. The van der Waals surface area contributed by atoms with E-state index in [0.29, 0.717) is 22.5 Å². The fraction of sp³-hybridized carbons (Fsp3) is 0.161. The highest BCUT2D eigenvalue weighted by molar-refractivity contribution is 6.36. The van der Waals surface area contributed by atoms with Gasteiger partial charge in [0, 0.05) is 28.5 Å². The molecule has 0 fully saturated rings. The first-order valence-electron chi connectivity index (χ1n) is 12.6. The molecule has 0 unspecified atom stereocenters. The molecule has 4 aromatic carbocycles. The number of hydrogen-bond donors (Lipinski definition) is 2. The molecule has 40 heavy (non-hydrogen) atoms. The highest BCUT2D eigenvalue weighted by atomic mass is 35.5. The molecule has 5 rings (SSSR count). The number of aromatic hydroxyl groups is 1. The van der Waals surface area contributed by atoms with Crippen LogP contribution >= 0.6 is 11.6 Å². The first-order chi connectivity index (χ1) is 19.3. The number of hydrogen-bond acceptors (Lipinski definition) is 6. The molecule has 0 atom stereocenters. The lowest BCUT2D eigenvalue weighted by Gasteiger charge is -2.34. The summed E-state index contributed by atoms with van der Waals surface area (Å²) in [5.41, 5.74) is 2.97. The fourth-order valence-electron chi connectivity index (χ4n) is 4.73. The summed E-state index contributed by atoms with van der Waals surface area (Å²) in [6.07, 6.45) is 1.33. The summed E-state index contributed by atoms with van der Waals surface area (Å²) in [6, 6.07) is 26.5. The monoisotopic (exact) mass is 571 g/mol. The van der Waals surface area contributed by atoms with Gasteiger partial charge in [-0.15, -0.1) is 0 Å². The van der Waals surface area contributed by atoms with Crippen molar-refractivity contribution in [1.82, 2.24) is 9.97 Å². The molecule has 0 saturated carbocycles. The molecule has 6 nitrogen and oxygen atoms in total. The Morgan fingerprint density at radius 3 is 2.20 bits per heavy atom. The van der Waals surface area contributed by atoms with E-state index in [4.69, 9.17) is 20.8 Å². The van der Waals surface area contributed by atoms with Gasteiger partial charge in [0.2, 0.25) is 0 Å². The van der Waals surface area contributed by atoms with Crippen LogP contribution in [0, 0.1) is 5.82 Å². The Morgan fingerprint density at radius 1 is 0.925 bits per heavy atom. The molecule has 0 aliphatic carbocycles. The van der Waals surface area contributed by atoms with Crippen molar-refractivity contribution in [1.29, 1.82) is 0 Å². The van der Waals surface area contributed by atoms with Crippen LogP contribution in [0.25, 0.3) is 10.9 Å². The van der Waals surface area contributed by atoms with E-state index in [2.05, 4.69) is 53.4 Å². The summed E-state index contributed by atoms with van der Waals surface area (Å²) < 4.78 is 26.6. The predicted octanol–water partition coefficient (Wildman–Crippen LogP) is 7.91. The molecule has 0 aliphatic heterocycles. The van der Waals surface area contributed by atoms with Gasteiger partial charge < -0.3 is 19.6 Å². The van der Waals surface area contributed by atoms with Crippen LogP contribution in [0.4, 0.5) is 15.9 Å². The van der Waals surface area contributed by atoms with Crippen molar-refractivity contribution in [2.45, 2.75) is 24.8 Å². The first-order valence-corrected chi connectivity index (χ1v) is 13.9. The van der Waals surface area contributed by atoms with Gasteiger partial charge in [0.1, 0.15) is 23.7 Å². The number of fused-ring (bicyclic) bond motifs is 1.